The average Bonchev–Trinajstić information content (AvgIpc) is 2.13. The van der Waals surface area contributed by atoms with Crippen molar-refractivity contribution in [2.24, 2.45) is 17.8 Å². The van der Waals surface area contributed by atoms with Gasteiger partial charge in [-0.15, -0.1) is 0 Å². The van der Waals surface area contributed by atoms with Gasteiger partial charge in [-0.1, -0.05) is 27.7 Å². The standard InChI is InChI=1S/C16H34N2/c1-12(2)15(9-17-16(5,6)7)18-10-13(3)8-14(4)11-18/h12-15,17H,8-11H2,1-7H3. The number of likely N-dealkylation sites (tertiary alicyclic amines) is 1. The SMILES string of the molecule is CC1CC(C)CN(C(CNC(C)(C)C)C(C)C)C1. The lowest BCUT2D eigenvalue weighted by atomic mass is 9.89. The third kappa shape index (κ3) is 5.27. The second kappa shape index (κ2) is 6.38. The number of rotatable bonds is 4. The molecule has 1 fully saturated rings. The molecule has 1 aliphatic rings. The summed E-state index contributed by atoms with van der Waals surface area (Å²) < 4.78 is 0. The lowest BCUT2D eigenvalue weighted by Crippen LogP contribution is -2.53. The van der Waals surface area contributed by atoms with Gasteiger partial charge in [0.1, 0.15) is 0 Å². The van der Waals surface area contributed by atoms with Gasteiger partial charge < -0.3 is 5.32 Å². The van der Waals surface area contributed by atoms with Gasteiger partial charge in [-0.05, 0) is 44.9 Å². The van der Waals surface area contributed by atoms with Crippen LogP contribution in [0.1, 0.15) is 54.9 Å². The molecule has 1 rings (SSSR count). The van der Waals surface area contributed by atoms with Gasteiger partial charge in [0.15, 0.2) is 0 Å². The highest BCUT2D eigenvalue weighted by molar-refractivity contribution is 4.85. The van der Waals surface area contributed by atoms with Gasteiger partial charge in [-0.3, -0.25) is 4.90 Å². The molecule has 1 heterocycles. The molecule has 18 heavy (non-hydrogen) atoms. The van der Waals surface area contributed by atoms with Crippen molar-refractivity contribution in [2.45, 2.75) is 66.5 Å². The minimum absolute atomic E-state index is 0.222. The van der Waals surface area contributed by atoms with Gasteiger partial charge >= 0.3 is 0 Å². The highest BCUT2D eigenvalue weighted by Crippen LogP contribution is 2.25. The van der Waals surface area contributed by atoms with Gasteiger partial charge in [0.25, 0.3) is 0 Å². The summed E-state index contributed by atoms with van der Waals surface area (Å²) in [6.45, 7) is 20.0. The first-order chi connectivity index (χ1) is 8.19. The summed E-state index contributed by atoms with van der Waals surface area (Å²) in [4.78, 5) is 2.72. The monoisotopic (exact) mass is 254 g/mol. The Balaban J connectivity index is 2.60. The zero-order chi connectivity index (χ0) is 13.9. The number of nitrogens with zero attached hydrogens (tertiary/aromatic N) is 1. The summed E-state index contributed by atoms with van der Waals surface area (Å²) >= 11 is 0. The number of hydrogen-bond donors (Lipinski definition) is 1. The van der Waals surface area contributed by atoms with Crippen LogP contribution in [0.4, 0.5) is 0 Å². The van der Waals surface area contributed by atoms with Crippen LogP contribution in [-0.4, -0.2) is 36.1 Å². The van der Waals surface area contributed by atoms with E-state index in [0.29, 0.717) is 6.04 Å². The second-order valence-electron chi connectivity index (χ2n) is 7.84. The summed E-state index contributed by atoms with van der Waals surface area (Å²) in [5, 5.41) is 3.69. The molecule has 1 aliphatic heterocycles. The van der Waals surface area contributed by atoms with Crippen LogP contribution in [0.2, 0.25) is 0 Å². The van der Waals surface area contributed by atoms with E-state index in [2.05, 4.69) is 58.7 Å². The van der Waals surface area contributed by atoms with Crippen molar-refractivity contribution in [3.8, 4) is 0 Å². The second-order valence-corrected chi connectivity index (χ2v) is 7.84. The number of piperidine rings is 1. The Morgan fingerprint density at radius 1 is 1.11 bits per heavy atom. The number of nitrogens with one attached hydrogen (secondary N) is 1. The third-order valence-electron chi connectivity index (χ3n) is 3.98. The maximum absolute atomic E-state index is 3.69. The van der Waals surface area contributed by atoms with Crippen molar-refractivity contribution in [3.05, 3.63) is 0 Å². The Hall–Kier alpha value is -0.0800. The van der Waals surface area contributed by atoms with Crippen LogP contribution in [0.5, 0.6) is 0 Å². The largest absolute Gasteiger partial charge is 0.311 e. The Morgan fingerprint density at radius 3 is 2.00 bits per heavy atom. The van der Waals surface area contributed by atoms with Crippen molar-refractivity contribution in [2.75, 3.05) is 19.6 Å². The Bertz CT molecular complexity index is 232. The van der Waals surface area contributed by atoms with Crippen molar-refractivity contribution in [3.63, 3.8) is 0 Å². The Labute approximate surface area is 115 Å². The van der Waals surface area contributed by atoms with Crippen LogP contribution in [-0.2, 0) is 0 Å². The smallest absolute Gasteiger partial charge is 0.0244 e. The number of hydrogen-bond acceptors (Lipinski definition) is 2. The molecule has 1 saturated heterocycles. The zero-order valence-corrected chi connectivity index (χ0v) is 13.6. The first-order valence-electron chi connectivity index (χ1n) is 7.68. The van der Waals surface area contributed by atoms with Crippen LogP contribution in [0.15, 0.2) is 0 Å². The molecular weight excluding hydrogens is 220 g/mol. The van der Waals surface area contributed by atoms with E-state index in [1.54, 1.807) is 0 Å². The summed E-state index contributed by atoms with van der Waals surface area (Å²) in [6, 6.07) is 0.675. The van der Waals surface area contributed by atoms with Gasteiger partial charge in [-0.25, -0.2) is 0 Å². The van der Waals surface area contributed by atoms with Gasteiger partial charge in [0.05, 0.1) is 0 Å². The highest BCUT2D eigenvalue weighted by Gasteiger charge is 2.29. The molecule has 0 aromatic heterocycles. The maximum atomic E-state index is 3.69. The minimum atomic E-state index is 0.222. The van der Waals surface area contributed by atoms with Crippen molar-refractivity contribution in [1.82, 2.24) is 10.2 Å². The van der Waals surface area contributed by atoms with Crippen molar-refractivity contribution >= 4 is 0 Å². The quantitative estimate of drug-likeness (QED) is 0.827. The van der Waals surface area contributed by atoms with Crippen LogP contribution in [0.3, 0.4) is 0 Å². The molecular formula is C16H34N2. The van der Waals surface area contributed by atoms with E-state index in [4.69, 9.17) is 0 Å². The molecule has 0 saturated carbocycles. The molecule has 3 unspecified atom stereocenters. The predicted molar refractivity (Wildman–Crippen MR) is 80.9 cm³/mol. The van der Waals surface area contributed by atoms with E-state index >= 15 is 0 Å². The molecule has 0 bridgehead atoms. The minimum Gasteiger partial charge on any atom is -0.311 e. The molecule has 0 spiro atoms. The third-order valence-corrected chi connectivity index (χ3v) is 3.98. The van der Waals surface area contributed by atoms with E-state index in [1.165, 1.54) is 19.5 Å². The fourth-order valence-corrected chi connectivity index (χ4v) is 3.18. The molecule has 0 radical (unpaired) electrons. The van der Waals surface area contributed by atoms with Gasteiger partial charge in [0.2, 0.25) is 0 Å². The average molecular weight is 254 g/mol. The highest BCUT2D eigenvalue weighted by atomic mass is 15.2. The molecule has 0 aromatic carbocycles. The molecule has 0 aromatic rings. The molecule has 1 N–H and O–H groups in total. The van der Waals surface area contributed by atoms with E-state index in [-0.39, 0.29) is 5.54 Å². The fraction of sp³-hybridized carbons (Fsp3) is 1.00. The lowest BCUT2D eigenvalue weighted by Gasteiger charge is -2.43. The first-order valence-corrected chi connectivity index (χ1v) is 7.68. The van der Waals surface area contributed by atoms with E-state index < -0.39 is 0 Å². The van der Waals surface area contributed by atoms with Gasteiger partial charge in [0, 0.05) is 31.2 Å². The fourth-order valence-electron chi connectivity index (χ4n) is 3.18. The normalized spacial score (nSPS) is 28.7. The Kier molecular flexibility index (Phi) is 5.67. The molecule has 108 valence electrons. The van der Waals surface area contributed by atoms with Crippen LogP contribution < -0.4 is 5.32 Å². The van der Waals surface area contributed by atoms with Crippen LogP contribution in [0, 0.1) is 17.8 Å². The maximum Gasteiger partial charge on any atom is 0.0244 e. The summed E-state index contributed by atoms with van der Waals surface area (Å²) in [7, 11) is 0. The van der Waals surface area contributed by atoms with Crippen molar-refractivity contribution in [1.29, 1.82) is 0 Å². The topological polar surface area (TPSA) is 15.3 Å². The zero-order valence-electron chi connectivity index (χ0n) is 13.6. The van der Waals surface area contributed by atoms with Crippen molar-refractivity contribution < 1.29 is 0 Å². The first kappa shape index (κ1) is 16.0. The Morgan fingerprint density at radius 2 is 1.61 bits per heavy atom. The van der Waals surface area contributed by atoms with E-state index in [0.717, 1.165) is 24.3 Å². The molecule has 3 atom stereocenters. The summed E-state index contributed by atoms with van der Waals surface area (Å²) in [5.41, 5.74) is 0.222. The predicted octanol–water partition coefficient (Wildman–Crippen LogP) is 3.38. The molecule has 0 amide bonds. The molecule has 2 nitrogen and oxygen atoms in total. The summed E-state index contributed by atoms with van der Waals surface area (Å²) in [5.74, 6) is 2.42. The van der Waals surface area contributed by atoms with Crippen LogP contribution >= 0.6 is 0 Å². The molecule has 2 heteroatoms. The molecule has 0 aliphatic carbocycles. The van der Waals surface area contributed by atoms with Crippen LogP contribution in [0.25, 0.3) is 0 Å². The van der Waals surface area contributed by atoms with Gasteiger partial charge in [-0.2, -0.15) is 0 Å². The van der Waals surface area contributed by atoms with E-state index in [1.807, 2.05) is 0 Å². The summed E-state index contributed by atoms with van der Waals surface area (Å²) in [6.07, 6.45) is 1.40. The van der Waals surface area contributed by atoms with E-state index in [9.17, 15) is 0 Å². The lowest BCUT2D eigenvalue weighted by molar-refractivity contribution is 0.0689.